The third-order valence-corrected chi connectivity index (χ3v) is 6.85. The molecule has 0 aromatic heterocycles. The van der Waals surface area contributed by atoms with Crippen LogP contribution in [-0.4, -0.2) is 61.4 Å². The first kappa shape index (κ1) is 25.9. The minimum absolute atomic E-state index is 0.139. The molecule has 2 fully saturated rings. The van der Waals surface area contributed by atoms with E-state index in [1.165, 1.54) is 12.0 Å². The Bertz CT molecular complexity index is 1190. The van der Waals surface area contributed by atoms with Crippen LogP contribution >= 0.6 is 0 Å². The molecule has 2 atom stereocenters. The number of rotatable bonds is 7. The lowest BCUT2D eigenvalue weighted by Crippen LogP contribution is -2.64. The first-order valence-electron chi connectivity index (χ1n) is 12.2. The largest absolute Gasteiger partial charge is 0.465 e. The highest BCUT2D eigenvalue weighted by atomic mass is 16.5. The number of imide groups is 1. The van der Waals surface area contributed by atoms with Gasteiger partial charge in [-0.15, -0.1) is 0 Å². The average molecular weight is 507 g/mol. The molecule has 2 unspecified atom stereocenters. The number of amides is 5. The van der Waals surface area contributed by atoms with Crippen LogP contribution in [-0.2, 0) is 25.5 Å². The van der Waals surface area contributed by atoms with E-state index >= 15 is 0 Å². The van der Waals surface area contributed by atoms with Crippen molar-refractivity contribution in [2.24, 2.45) is 5.92 Å². The van der Waals surface area contributed by atoms with Crippen LogP contribution in [0.2, 0.25) is 0 Å². The van der Waals surface area contributed by atoms with Gasteiger partial charge in [-0.25, -0.2) is 14.5 Å². The van der Waals surface area contributed by atoms with Crippen molar-refractivity contribution in [3.05, 3.63) is 59.7 Å². The highest BCUT2D eigenvalue weighted by Crippen LogP contribution is 2.36. The first-order chi connectivity index (χ1) is 17.8. The van der Waals surface area contributed by atoms with Gasteiger partial charge >= 0.3 is 12.0 Å². The number of methoxy groups -OCH3 is 1. The summed E-state index contributed by atoms with van der Waals surface area (Å²) in [6.45, 7) is -0.211. The fourth-order valence-electron chi connectivity index (χ4n) is 4.92. The number of urea groups is 1. The van der Waals surface area contributed by atoms with Gasteiger partial charge < -0.3 is 20.3 Å². The molecule has 194 valence electrons. The summed E-state index contributed by atoms with van der Waals surface area (Å²) in [6.07, 6.45) is 3.25. The van der Waals surface area contributed by atoms with E-state index in [2.05, 4.69) is 15.4 Å². The first-order valence-corrected chi connectivity index (χ1v) is 12.2. The van der Waals surface area contributed by atoms with Crippen molar-refractivity contribution in [2.45, 2.75) is 38.1 Å². The monoisotopic (exact) mass is 506 g/mol. The van der Waals surface area contributed by atoms with Crippen molar-refractivity contribution in [2.75, 3.05) is 30.9 Å². The zero-order valence-electron chi connectivity index (χ0n) is 20.9. The number of nitrogens with zero attached hydrogens (tertiary/aromatic N) is 2. The Morgan fingerprint density at radius 3 is 2.27 bits per heavy atom. The van der Waals surface area contributed by atoms with Gasteiger partial charge in [0.25, 0.3) is 0 Å². The number of hydrogen-bond acceptors (Lipinski definition) is 6. The molecular weight excluding hydrogens is 476 g/mol. The minimum atomic E-state index is -0.539. The van der Waals surface area contributed by atoms with E-state index in [-0.39, 0.29) is 36.7 Å². The molecule has 10 nitrogen and oxygen atoms in total. The van der Waals surface area contributed by atoms with Gasteiger partial charge in [-0.05, 0) is 54.8 Å². The lowest BCUT2D eigenvalue weighted by atomic mass is 9.81. The molecule has 5 amide bonds. The summed E-state index contributed by atoms with van der Waals surface area (Å²) in [5.41, 5.74) is 1.99. The third kappa shape index (κ3) is 5.63. The molecule has 37 heavy (non-hydrogen) atoms. The van der Waals surface area contributed by atoms with E-state index < -0.39 is 17.9 Å². The van der Waals surface area contributed by atoms with Crippen molar-refractivity contribution in [1.82, 2.24) is 10.2 Å². The second-order valence-corrected chi connectivity index (χ2v) is 9.18. The van der Waals surface area contributed by atoms with Crippen molar-refractivity contribution < 1.29 is 28.7 Å². The second-order valence-electron chi connectivity index (χ2n) is 9.18. The molecule has 1 aliphatic heterocycles. The van der Waals surface area contributed by atoms with Crippen LogP contribution < -0.4 is 15.5 Å². The Labute approximate surface area is 214 Å². The van der Waals surface area contributed by atoms with Crippen molar-refractivity contribution in [3.8, 4) is 0 Å². The van der Waals surface area contributed by atoms with Crippen LogP contribution in [0.3, 0.4) is 0 Å². The summed E-state index contributed by atoms with van der Waals surface area (Å²) in [4.78, 5) is 65.8. The van der Waals surface area contributed by atoms with Crippen LogP contribution in [0, 0.1) is 5.92 Å². The summed E-state index contributed by atoms with van der Waals surface area (Å²) < 4.78 is 4.68. The lowest BCUT2D eigenvalue weighted by molar-refractivity contribution is -0.128. The van der Waals surface area contributed by atoms with Gasteiger partial charge in [-0.3, -0.25) is 14.4 Å². The van der Waals surface area contributed by atoms with E-state index in [9.17, 15) is 24.0 Å². The summed E-state index contributed by atoms with van der Waals surface area (Å²) in [7, 11) is 2.85. The van der Waals surface area contributed by atoms with E-state index in [0.29, 0.717) is 29.8 Å². The fourth-order valence-corrected chi connectivity index (χ4v) is 4.92. The SMILES string of the molecule is CNC(=O)Cc1ccc(N2C(=O)C3CCCCC3N(CC(=O)Nc3ccc(C(=O)OC)cc3)C2=O)cc1. The molecule has 1 heterocycles. The predicted molar refractivity (Wildman–Crippen MR) is 136 cm³/mol. The summed E-state index contributed by atoms with van der Waals surface area (Å²) in [6, 6.07) is 12.1. The average Bonchev–Trinajstić information content (AvgIpc) is 2.92. The molecule has 4 rings (SSSR count). The molecule has 0 bridgehead atoms. The highest BCUT2D eigenvalue weighted by molar-refractivity contribution is 6.17. The Kier molecular flexibility index (Phi) is 7.86. The minimum Gasteiger partial charge on any atom is -0.465 e. The topological polar surface area (TPSA) is 125 Å². The van der Waals surface area contributed by atoms with Crippen molar-refractivity contribution in [3.63, 3.8) is 0 Å². The maximum absolute atomic E-state index is 13.6. The number of hydrogen-bond donors (Lipinski definition) is 2. The number of ether oxygens (including phenoxy) is 1. The van der Waals surface area contributed by atoms with Gasteiger partial charge in [0, 0.05) is 18.8 Å². The molecule has 1 saturated carbocycles. The zero-order chi connectivity index (χ0) is 26.5. The fraction of sp³-hybridized carbons (Fsp3) is 0.370. The van der Waals surface area contributed by atoms with Gasteiger partial charge in [0.1, 0.15) is 6.54 Å². The summed E-state index contributed by atoms with van der Waals surface area (Å²) in [5.74, 6) is -1.67. The molecule has 2 aromatic rings. The van der Waals surface area contributed by atoms with Gasteiger partial charge in [0.15, 0.2) is 0 Å². The van der Waals surface area contributed by atoms with Gasteiger partial charge in [-0.1, -0.05) is 25.0 Å². The molecular formula is C27H30N4O6. The number of esters is 1. The number of benzene rings is 2. The molecule has 2 N–H and O–H groups in total. The second kappa shape index (κ2) is 11.2. The summed E-state index contributed by atoms with van der Waals surface area (Å²) in [5, 5.41) is 5.33. The Morgan fingerprint density at radius 2 is 1.62 bits per heavy atom. The zero-order valence-corrected chi connectivity index (χ0v) is 20.9. The maximum Gasteiger partial charge on any atom is 0.337 e. The van der Waals surface area contributed by atoms with E-state index in [4.69, 9.17) is 0 Å². The van der Waals surface area contributed by atoms with Crippen LogP contribution in [0.5, 0.6) is 0 Å². The Balaban J connectivity index is 1.52. The standard InChI is InChI=1S/C27H30N4O6/c1-28-23(32)15-17-7-13-20(14-8-17)31-25(34)21-5-3-4-6-22(21)30(27(31)36)16-24(33)29-19-11-9-18(10-12-19)26(35)37-2/h7-14,21-22H,3-6,15-16H2,1-2H3,(H,28,32)(H,29,33). The third-order valence-electron chi connectivity index (χ3n) is 6.85. The molecule has 10 heteroatoms. The Morgan fingerprint density at radius 1 is 0.946 bits per heavy atom. The van der Waals surface area contributed by atoms with Gasteiger partial charge in [0.2, 0.25) is 17.7 Å². The van der Waals surface area contributed by atoms with Crippen LogP contribution in [0.1, 0.15) is 41.6 Å². The summed E-state index contributed by atoms with van der Waals surface area (Å²) >= 11 is 0. The van der Waals surface area contributed by atoms with Gasteiger partial charge in [-0.2, -0.15) is 0 Å². The quantitative estimate of drug-likeness (QED) is 0.557. The van der Waals surface area contributed by atoms with Crippen LogP contribution in [0.15, 0.2) is 48.5 Å². The van der Waals surface area contributed by atoms with E-state index in [0.717, 1.165) is 23.3 Å². The van der Waals surface area contributed by atoms with Crippen molar-refractivity contribution in [1.29, 1.82) is 0 Å². The normalized spacial score (nSPS) is 19.2. The molecule has 2 aliphatic rings. The Hall–Kier alpha value is -4.21. The molecule has 0 spiro atoms. The number of carbonyl (C=O) groups is 5. The molecule has 0 radical (unpaired) electrons. The van der Waals surface area contributed by atoms with Gasteiger partial charge in [0.05, 0.1) is 30.7 Å². The predicted octanol–water partition coefficient (Wildman–Crippen LogP) is 2.73. The number of nitrogens with one attached hydrogen (secondary N) is 2. The van der Waals surface area contributed by atoms with E-state index in [1.807, 2.05) is 0 Å². The number of carbonyl (C=O) groups excluding carboxylic acids is 5. The van der Waals surface area contributed by atoms with Crippen LogP contribution in [0.4, 0.5) is 16.2 Å². The smallest absolute Gasteiger partial charge is 0.337 e. The number of likely N-dealkylation sites (N-methyl/N-ethyl adjacent to an activating group) is 1. The lowest BCUT2D eigenvalue weighted by Gasteiger charge is -2.46. The van der Waals surface area contributed by atoms with E-state index in [1.54, 1.807) is 55.6 Å². The molecule has 1 aliphatic carbocycles. The number of fused-ring (bicyclic) bond motifs is 1. The highest BCUT2D eigenvalue weighted by Gasteiger charge is 2.48. The van der Waals surface area contributed by atoms with Crippen LogP contribution in [0.25, 0.3) is 0 Å². The maximum atomic E-state index is 13.6. The van der Waals surface area contributed by atoms with Crippen molar-refractivity contribution >= 4 is 41.1 Å². The molecule has 1 saturated heterocycles. The molecule has 2 aromatic carbocycles. The number of anilines is 2.